The van der Waals surface area contributed by atoms with Crippen LogP contribution in [0, 0.1) is 0 Å². The average Bonchev–Trinajstić information content (AvgIpc) is 2.88. The molecule has 0 spiro atoms. The lowest BCUT2D eigenvalue weighted by atomic mass is 10.2. The van der Waals surface area contributed by atoms with Crippen molar-refractivity contribution in [3.63, 3.8) is 0 Å². The summed E-state index contributed by atoms with van der Waals surface area (Å²) in [6, 6.07) is 29.2. The van der Waals surface area contributed by atoms with Crippen molar-refractivity contribution in [1.29, 1.82) is 0 Å². The third-order valence-electron chi connectivity index (χ3n) is 5.46. The first kappa shape index (κ1) is 21.8. The van der Waals surface area contributed by atoms with Gasteiger partial charge in [0.25, 0.3) is 0 Å². The van der Waals surface area contributed by atoms with Crippen LogP contribution in [0.3, 0.4) is 0 Å². The first-order chi connectivity index (χ1) is 15.7. The first-order valence-electron chi connectivity index (χ1n) is 10.7. The number of esters is 1. The number of allylic oxidation sites excluding steroid dienone is 4. The molecular weight excluding hydrogens is 413 g/mol. The molecule has 0 atom stereocenters. The Hall–Kier alpha value is -3.42. The lowest BCUT2D eigenvalue weighted by molar-refractivity contribution is -0.134. The van der Waals surface area contributed by atoms with Gasteiger partial charge in [0.05, 0.1) is 19.9 Å². The van der Waals surface area contributed by atoms with Crippen LogP contribution in [0.5, 0.6) is 0 Å². The van der Waals surface area contributed by atoms with Crippen molar-refractivity contribution in [2.24, 2.45) is 4.74 Å². The third-order valence-corrected chi connectivity index (χ3v) is 9.27. The van der Waals surface area contributed by atoms with Crippen LogP contribution in [0.1, 0.15) is 18.4 Å². The number of methoxy groups -OCH3 is 1. The van der Waals surface area contributed by atoms with Gasteiger partial charge in [-0.05, 0) is 30.3 Å². The Labute approximate surface area is 189 Å². The molecule has 0 radical (unpaired) electrons. The number of ether oxygens (including phenoxy) is 1. The van der Waals surface area contributed by atoms with E-state index in [2.05, 4.69) is 66.8 Å². The fourth-order valence-corrected chi connectivity index (χ4v) is 7.70. The van der Waals surface area contributed by atoms with Gasteiger partial charge in [0.1, 0.15) is 0 Å². The summed E-state index contributed by atoms with van der Waals surface area (Å²) >= 11 is 0. The fraction of sp³-hybridized carbons (Fsp3) is 0.107. The van der Waals surface area contributed by atoms with Crippen molar-refractivity contribution in [2.75, 3.05) is 7.11 Å². The van der Waals surface area contributed by atoms with Crippen molar-refractivity contribution < 1.29 is 9.53 Å². The first-order valence-corrected chi connectivity index (χ1v) is 12.4. The molecule has 3 nitrogen and oxygen atoms in total. The molecule has 0 saturated heterocycles. The molecule has 0 fully saturated rings. The van der Waals surface area contributed by atoms with Crippen LogP contribution in [0.15, 0.2) is 119 Å². The standard InChI is InChI=1S/C28H26NO2P/c1-31-28(30)22-21-23-13-11-12-20-27(23)29-32(24-14-5-2-6-15-24,25-16-7-3-8-17-25)26-18-9-4-10-19-26/h2-9,11-18,20-22H,10,19H2,1H3/b22-21+. The number of rotatable bonds is 6. The average molecular weight is 439 g/mol. The van der Waals surface area contributed by atoms with E-state index in [-0.39, 0.29) is 5.97 Å². The van der Waals surface area contributed by atoms with Crippen LogP contribution in [-0.4, -0.2) is 13.1 Å². The molecule has 4 rings (SSSR count). The molecule has 0 bridgehead atoms. The molecule has 3 aromatic carbocycles. The van der Waals surface area contributed by atoms with E-state index in [0.29, 0.717) is 0 Å². The van der Waals surface area contributed by atoms with Crippen molar-refractivity contribution in [2.45, 2.75) is 12.8 Å². The monoisotopic (exact) mass is 439 g/mol. The maximum Gasteiger partial charge on any atom is 0.330 e. The van der Waals surface area contributed by atoms with Gasteiger partial charge in [0, 0.05) is 22.2 Å². The summed E-state index contributed by atoms with van der Waals surface area (Å²) in [5.74, 6) is -0.382. The van der Waals surface area contributed by atoms with E-state index in [0.717, 1.165) is 24.1 Å². The zero-order valence-corrected chi connectivity index (χ0v) is 19.0. The molecule has 0 unspecified atom stereocenters. The number of carbonyl (C=O) groups is 1. The Morgan fingerprint density at radius 1 is 0.906 bits per heavy atom. The Kier molecular flexibility index (Phi) is 6.99. The highest BCUT2D eigenvalue weighted by atomic mass is 31.2. The third kappa shape index (κ3) is 4.59. The Balaban J connectivity index is 2.04. The van der Waals surface area contributed by atoms with Crippen molar-refractivity contribution in [3.05, 3.63) is 120 Å². The number of hydrogen-bond donors (Lipinski definition) is 0. The van der Waals surface area contributed by atoms with Gasteiger partial charge in [0.2, 0.25) is 0 Å². The molecule has 0 saturated carbocycles. The fourth-order valence-electron chi connectivity index (χ4n) is 3.91. The second-order valence-corrected chi connectivity index (χ2v) is 10.5. The zero-order chi connectivity index (χ0) is 22.2. The molecule has 0 aromatic heterocycles. The molecule has 4 heteroatoms. The Bertz CT molecular complexity index is 1180. The highest BCUT2D eigenvalue weighted by Gasteiger charge is 2.29. The van der Waals surface area contributed by atoms with Crippen molar-refractivity contribution in [1.82, 2.24) is 0 Å². The van der Waals surface area contributed by atoms with Crippen LogP contribution in [-0.2, 0) is 9.53 Å². The molecule has 3 aromatic rings. The maximum atomic E-state index is 11.7. The van der Waals surface area contributed by atoms with Gasteiger partial charge < -0.3 is 4.74 Å². The molecule has 0 amide bonds. The molecule has 0 heterocycles. The highest BCUT2D eigenvalue weighted by Crippen LogP contribution is 2.59. The van der Waals surface area contributed by atoms with Gasteiger partial charge in [-0.1, -0.05) is 97.1 Å². The summed E-state index contributed by atoms with van der Waals surface area (Å²) in [6.07, 6.45) is 11.8. The summed E-state index contributed by atoms with van der Waals surface area (Å²) in [6.45, 7) is 0. The zero-order valence-electron chi connectivity index (χ0n) is 18.1. The molecule has 1 aliphatic rings. The number of hydrogen-bond acceptors (Lipinski definition) is 3. The van der Waals surface area contributed by atoms with Crippen LogP contribution in [0.4, 0.5) is 5.69 Å². The highest BCUT2D eigenvalue weighted by molar-refractivity contribution is 7.84. The van der Waals surface area contributed by atoms with E-state index in [9.17, 15) is 4.79 Å². The Morgan fingerprint density at radius 2 is 1.53 bits per heavy atom. The Morgan fingerprint density at radius 3 is 2.12 bits per heavy atom. The summed E-state index contributed by atoms with van der Waals surface area (Å²) in [4.78, 5) is 11.7. The minimum absolute atomic E-state index is 0.382. The minimum atomic E-state index is -2.29. The van der Waals surface area contributed by atoms with Gasteiger partial charge in [0.15, 0.2) is 0 Å². The largest absolute Gasteiger partial charge is 0.466 e. The van der Waals surface area contributed by atoms with Crippen LogP contribution >= 0.6 is 7.05 Å². The summed E-state index contributed by atoms with van der Waals surface area (Å²) in [5.41, 5.74) is 1.75. The minimum Gasteiger partial charge on any atom is -0.466 e. The predicted octanol–water partition coefficient (Wildman–Crippen LogP) is 6.59. The van der Waals surface area contributed by atoms with E-state index in [1.807, 2.05) is 36.4 Å². The van der Waals surface area contributed by atoms with Gasteiger partial charge in [-0.25, -0.2) is 4.79 Å². The normalized spacial score (nSPS) is 13.6. The van der Waals surface area contributed by atoms with E-state index in [1.54, 1.807) is 6.08 Å². The molecule has 1 aliphatic carbocycles. The smallest absolute Gasteiger partial charge is 0.330 e. The molecular formula is C28H26NO2P. The second-order valence-electron chi connectivity index (χ2n) is 7.45. The van der Waals surface area contributed by atoms with E-state index in [4.69, 9.17) is 9.48 Å². The van der Waals surface area contributed by atoms with Gasteiger partial charge in [-0.3, -0.25) is 4.74 Å². The van der Waals surface area contributed by atoms with Crippen LogP contribution < -0.4 is 10.6 Å². The lowest BCUT2D eigenvalue weighted by Gasteiger charge is -2.30. The SMILES string of the molecule is COC(=O)/C=C/c1ccccc1N=P(C1=CC=CCC1)(c1ccccc1)c1ccccc1. The number of nitrogens with zero attached hydrogens (tertiary/aromatic N) is 1. The number of carbonyl (C=O) groups excluding carboxylic acids is 1. The van der Waals surface area contributed by atoms with Crippen LogP contribution in [0.25, 0.3) is 6.08 Å². The quantitative estimate of drug-likeness (QED) is 0.247. The predicted molar refractivity (Wildman–Crippen MR) is 135 cm³/mol. The molecule has 160 valence electrons. The van der Waals surface area contributed by atoms with Crippen molar-refractivity contribution in [3.8, 4) is 0 Å². The van der Waals surface area contributed by atoms with Gasteiger partial charge >= 0.3 is 5.97 Å². The summed E-state index contributed by atoms with van der Waals surface area (Å²) < 4.78 is 10.3. The molecule has 32 heavy (non-hydrogen) atoms. The molecule has 0 N–H and O–H groups in total. The van der Waals surface area contributed by atoms with Gasteiger partial charge in [-0.15, -0.1) is 0 Å². The van der Waals surface area contributed by atoms with E-state index in [1.165, 1.54) is 29.1 Å². The lowest BCUT2D eigenvalue weighted by Crippen LogP contribution is -2.18. The topological polar surface area (TPSA) is 38.7 Å². The van der Waals surface area contributed by atoms with E-state index >= 15 is 0 Å². The second kappa shape index (κ2) is 10.3. The van der Waals surface area contributed by atoms with Crippen molar-refractivity contribution >= 4 is 35.4 Å². The van der Waals surface area contributed by atoms with Crippen LogP contribution in [0.2, 0.25) is 0 Å². The maximum absolute atomic E-state index is 11.7. The molecule has 0 aliphatic heterocycles. The summed E-state index contributed by atoms with van der Waals surface area (Å²) in [7, 11) is -0.912. The summed E-state index contributed by atoms with van der Waals surface area (Å²) in [5, 5.41) is 3.79. The van der Waals surface area contributed by atoms with E-state index < -0.39 is 7.05 Å². The number of benzene rings is 3. The van der Waals surface area contributed by atoms with Gasteiger partial charge in [-0.2, -0.15) is 0 Å².